The van der Waals surface area contributed by atoms with Gasteiger partial charge in [-0.1, -0.05) is 29.3 Å². The monoisotopic (exact) mass is 410 g/mol. The van der Waals surface area contributed by atoms with E-state index in [1.807, 2.05) is 0 Å². The Morgan fingerprint density at radius 2 is 1.78 bits per heavy atom. The molecule has 0 aliphatic rings. The van der Waals surface area contributed by atoms with Crippen molar-refractivity contribution in [2.75, 3.05) is 5.32 Å². The van der Waals surface area contributed by atoms with E-state index in [-0.39, 0.29) is 27.1 Å². The average Bonchev–Trinajstić information content (AvgIpc) is 2.59. The van der Waals surface area contributed by atoms with Crippen molar-refractivity contribution in [3.63, 3.8) is 0 Å². The fraction of sp³-hybridized carbons (Fsp3) is 0.158. The van der Waals surface area contributed by atoms with Gasteiger partial charge in [-0.3, -0.25) is 4.79 Å². The number of anilines is 1. The second-order valence-electron chi connectivity index (χ2n) is 5.58. The Bertz CT molecular complexity index is 910. The molecule has 0 bridgehead atoms. The number of hydrogen-bond donors (Lipinski definition) is 1. The van der Waals surface area contributed by atoms with Gasteiger partial charge in [-0.25, -0.2) is 0 Å². The number of carbonyl (C=O) groups is 1. The number of amides is 1. The lowest BCUT2D eigenvalue weighted by Crippen LogP contribution is -2.14. The average molecular weight is 411 g/mol. The molecule has 27 heavy (non-hydrogen) atoms. The van der Waals surface area contributed by atoms with Crippen LogP contribution in [0.5, 0.6) is 5.75 Å². The number of aryl methyl sites for hydroxylation is 2. The molecule has 1 amide bonds. The van der Waals surface area contributed by atoms with Crippen molar-refractivity contribution in [2.24, 2.45) is 0 Å². The number of ether oxygens (including phenoxy) is 1. The summed E-state index contributed by atoms with van der Waals surface area (Å²) in [5.74, 6) is -0.635. The number of rotatable bonds is 5. The molecular weight excluding hydrogens is 397 g/mol. The largest absolute Gasteiger partial charge is 0.434 e. The quantitative estimate of drug-likeness (QED) is 0.503. The molecule has 4 nitrogen and oxygen atoms in total. The molecule has 2 aromatic carbocycles. The van der Waals surface area contributed by atoms with Crippen LogP contribution in [-0.2, 0) is 4.79 Å². The van der Waals surface area contributed by atoms with Crippen LogP contribution in [0.4, 0.5) is 14.5 Å². The SMILES string of the molecule is Cc1cc(/C=C(\C#N)C(=O)Nc2c(Cl)cccc2Cl)cc(C)c1OC(F)F. The van der Waals surface area contributed by atoms with Crippen molar-refractivity contribution >= 4 is 40.9 Å². The number of benzene rings is 2. The summed E-state index contributed by atoms with van der Waals surface area (Å²) in [6.07, 6.45) is 1.34. The van der Waals surface area contributed by atoms with Crippen LogP contribution in [0.2, 0.25) is 10.0 Å². The molecule has 0 aliphatic carbocycles. The summed E-state index contributed by atoms with van der Waals surface area (Å²) in [5, 5.41) is 12.3. The first kappa shape index (κ1) is 20.7. The number of alkyl halides is 2. The van der Waals surface area contributed by atoms with Gasteiger partial charge in [0.2, 0.25) is 0 Å². The van der Waals surface area contributed by atoms with E-state index in [1.54, 1.807) is 38.1 Å². The Labute approximate surface area is 165 Å². The molecule has 0 saturated heterocycles. The van der Waals surface area contributed by atoms with Crippen LogP contribution in [0.15, 0.2) is 35.9 Å². The molecule has 0 atom stereocenters. The number of nitriles is 1. The second kappa shape index (κ2) is 8.85. The number of carbonyl (C=O) groups excluding carboxylic acids is 1. The maximum atomic E-state index is 12.5. The third kappa shape index (κ3) is 5.19. The van der Waals surface area contributed by atoms with Gasteiger partial charge in [0.25, 0.3) is 5.91 Å². The smallest absolute Gasteiger partial charge is 0.387 e. The Balaban J connectivity index is 2.33. The molecule has 1 N–H and O–H groups in total. The van der Waals surface area contributed by atoms with Crippen molar-refractivity contribution in [1.82, 2.24) is 0 Å². The predicted octanol–water partition coefficient (Wildman–Crippen LogP) is 5.76. The summed E-state index contributed by atoms with van der Waals surface area (Å²) < 4.78 is 29.4. The first-order chi connectivity index (χ1) is 12.7. The van der Waals surface area contributed by atoms with Gasteiger partial charge in [0, 0.05) is 0 Å². The summed E-state index contributed by atoms with van der Waals surface area (Å²) in [6.45, 7) is 0.250. The van der Waals surface area contributed by atoms with Gasteiger partial charge in [0.05, 0.1) is 15.7 Å². The summed E-state index contributed by atoms with van der Waals surface area (Å²) in [5.41, 5.74) is 1.39. The Morgan fingerprint density at radius 3 is 2.26 bits per heavy atom. The van der Waals surface area contributed by atoms with Gasteiger partial charge in [0.1, 0.15) is 17.4 Å². The number of para-hydroxylation sites is 1. The lowest BCUT2D eigenvalue weighted by atomic mass is 10.0. The first-order valence-corrected chi connectivity index (χ1v) is 8.41. The zero-order valence-corrected chi connectivity index (χ0v) is 15.8. The number of halogens is 4. The zero-order chi connectivity index (χ0) is 20.1. The molecular formula is C19H14Cl2F2N2O2. The standard InChI is InChI=1S/C19H14Cl2F2N2O2/c1-10-6-12(7-11(2)17(10)27-19(22)23)8-13(9-24)18(26)25-16-14(20)4-3-5-15(16)21/h3-8,19H,1-2H3,(H,25,26)/b13-8+. The molecule has 140 valence electrons. The Kier molecular flexibility index (Phi) is 6.78. The highest BCUT2D eigenvalue weighted by Gasteiger charge is 2.15. The highest BCUT2D eigenvalue weighted by molar-refractivity contribution is 6.40. The third-order valence-electron chi connectivity index (χ3n) is 3.57. The molecule has 2 aromatic rings. The van der Waals surface area contributed by atoms with Crippen LogP contribution < -0.4 is 10.1 Å². The lowest BCUT2D eigenvalue weighted by molar-refractivity contribution is -0.112. The summed E-state index contributed by atoms with van der Waals surface area (Å²) in [7, 11) is 0. The van der Waals surface area contributed by atoms with E-state index >= 15 is 0 Å². The van der Waals surface area contributed by atoms with Gasteiger partial charge in [-0.05, 0) is 60.9 Å². The van der Waals surface area contributed by atoms with E-state index in [0.717, 1.165) is 0 Å². The molecule has 0 unspecified atom stereocenters. The Morgan fingerprint density at radius 1 is 1.22 bits per heavy atom. The minimum absolute atomic E-state index is 0.0629. The van der Waals surface area contributed by atoms with Gasteiger partial charge in [0.15, 0.2) is 0 Å². The minimum Gasteiger partial charge on any atom is -0.434 e. The lowest BCUT2D eigenvalue weighted by Gasteiger charge is -2.12. The van der Waals surface area contributed by atoms with Crippen LogP contribution in [0, 0.1) is 25.2 Å². The minimum atomic E-state index is -2.94. The van der Waals surface area contributed by atoms with Crippen molar-refractivity contribution in [1.29, 1.82) is 5.26 Å². The second-order valence-corrected chi connectivity index (χ2v) is 6.40. The van der Waals surface area contributed by atoms with E-state index in [4.69, 9.17) is 23.2 Å². The van der Waals surface area contributed by atoms with Gasteiger partial charge in [-0.15, -0.1) is 0 Å². The van der Waals surface area contributed by atoms with Gasteiger partial charge < -0.3 is 10.1 Å². The van der Waals surface area contributed by atoms with E-state index < -0.39 is 12.5 Å². The molecule has 0 spiro atoms. The molecule has 0 fully saturated rings. The fourth-order valence-corrected chi connectivity index (χ4v) is 2.95. The van der Waals surface area contributed by atoms with Crippen molar-refractivity contribution < 1.29 is 18.3 Å². The normalized spacial score (nSPS) is 11.3. The van der Waals surface area contributed by atoms with Gasteiger partial charge >= 0.3 is 6.61 Å². The summed E-state index contributed by atoms with van der Waals surface area (Å²) in [4.78, 5) is 12.4. The van der Waals surface area contributed by atoms with Crippen LogP contribution in [0.25, 0.3) is 6.08 Å². The molecule has 2 rings (SSSR count). The first-order valence-electron chi connectivity index (χ1n) is 7.66. The number of hydrogen-bond acceptors (Lipinski definition) is 3. The Hall–Kier alpha value is -2.62. The maximum Gasteiger partial charge on any atom is 0.387 e. The van der Waals surface area contributed by atoms with Crippen LogP contribution >= 0.6 is 23.2 Å². The highest BCUT2D eigenvalue weighted by atomic mass is 35.5. The summed E-state index contributed by atoms with van der Waals surface area (Å²) in [6, 6.07) is 9.60. The van der Waals surface area contributed by atoms with E-state index in [1.165, 1.54) is 18.2 Å². The van der Waals surface area contributed by atoms with Crippen LogP contribution in [-0.4, -0.2) is 12.5 Å². The molecule has 0 radical (unpaired) electrons. The highest BCUT2D eigenvalue weighted by Crippen LogP contribution is 2.31. The van der Waals surface area contributed by atoms with Crippen LogP contribution in [0.3, 0.4) is 0 Å². The zero-order valence-electron chi connectivity index (χ0n) is 14.3. The fourth-order valence-electron chi connectivity index (χ4n) is 2.46. The van der Waals surface area contributed by atoms with E-state index in [9.17, 15) is 18.8 Å². The van der Waals surface area contributed by atoms with E-state index in [0.29, 0.717) is 16.7 Å². The maximum absolute atomic E-state index is 12.5. The molecule has 0 saturated carbocycles. The molecule has 0 heterocycles. The van der Waals surface area contributed by atoms with Crippen LogP contribution in [0.1, 0.15) is 16.7 Å². The molecule has 0 aliphatic heterocycles. The summed E-state index contributed by atoms with van der Waals surface area (Å²) >= 11 is 12.0. The number of nitrogens with zero attached hydrogens (tertiary/aromatic N) is 1. The molecule has 0 aromatic heterocycles. The van der Waals surface area contributed by atoms with Crippen molar-refractivity contribution in [2.45, 2.75) is 20.5 Å². The third-order valence-corrected chi connectivity index (χ3v) is 4.20. The predicted molar refractivity (Wildman–Crippen MR) is 101 cm³/mol. The number of nitrogens with one attached hydrogen (secondary N) is 1. The topological polar surface area (TPSA) is 62.1 Å². The van der Waals surface area contributed by atoms with Crippen molar-refractivity contribution in [3.05, 3.63) is 62.6 Å². The van der Waals surface area contributed by atoms with Crippen molar-refractivity contribution in [3.8, 4) is 11.8 Å². The van der Waals surface area contributed by atoms with E-state index in [2.05, 4.69) is 10.1 Å². The van der Waals surface area contributed by atoms with Gasteiger partial charge in [-0.2, -0.15) is 14.0 Å². The molecule has 8 heteroatoms.